The molecule has 134 valence electrons. The highest BCUT2D eigenvalue weighted by molar-refractivity contribution is 5.89. The largest absolute Gasteiger partial charge is 0.497 e. The Balaban J connectivity index is 1.59. The Kier molecular flexibility index (Phi) is 5.23. The number of ether oxygens (including phenoxy) is 1. The summed E-state index contributed by atoms with van der Waals surface area (Å²) >= 11 is 0. The van der Waals surface area contributed by atoms with E-state index in [0.717, 1.165) is 35.4 Å². The Labute approximate surface area is 146 Å². The van der Waals surface area contributed by atoms with Crippen LogP contribution >= 0.6 is 0 Å². The number of aromatic nitrogens is 1. The predicted molar refractivity (Wildman–Crippen MR) is 95.4 cm³/mol. The molecule has 2 amide bonds. The number of nitrogens with zero attached hydrogens (tertiary/aromatic N) is 1. The number of hydrogen-bond acceptors (Lipinski definition) is 4. The number of fused-ring (bicyclic) bond motifs is 1. The summed E-state index contributed by atoms with van der Waals surface area (Å²) in [6.07, 6.45) is 0.174. The van der Waals surface area contributed by atoms with Crippen molar-refractivity contribution in [2.75, 3.05) is 26.7 Å². The van der Waals surface area contributed by atoms with E-state index >= 15 is 0 Å². The molecule has 2 aromatic rings. The fourth-order valence-corrected chi connectivity index (χ4v) is 3.20. The first-order valence-corrected chi connectivity index (χ1v) is 8.54. The van der Waals surface area contributed by atoms with Crippen LogP contribution in [0, 0.1) is 0 Å². The summed E-state index contributed by atoms with van der Waals surface area (Å²) in [5.41, 5.74) is 1.91. The first-order chi connectivity index (χ1) is 12.1. The third-order valence-electron chi connectivity index (χ3n) is 4.59. The van der Waals surface area contributed by atoms with Gasteiger partial charge >= 0.3 is 0 Å². The summed E-state index contributed by atoms with van der Waals surface area (Å²) in [5, 5.41) is 6.75. The Hall–Kier alpha value is -2.54. The Morgan fingerprint density at radius 2 is 2.24 bits per heavy atom. The van der Waals surface area contributed by atoms with Gasteiger partial charge in [0.15, 0.2) is 0 Å². The minimum Gasteiger partial charge on any atom is -0.497 e. The van der Waals surface area contributed by atoms with E-state index in [-0.39, 0.29) is 24.3 Å². The van der Waals surface area contributed by atoms with E-state index in [0.29, 0.717) is 13.1 Å². The van der Waals surface area contributed by atoms with Gasteiger partial charge in [-0.2, -0.15) is 0 Å². The minimum absolute atomic E-state index is 0.0686. The fourth-order valence-electron chi connectivity index (χ4n) is 3.20. The van der Waals surface area contributed by atoms with Crippen LogP contribution in [-0.4, -0.2) is 54.5 Å². The summed E-state index contributed by atoms with van der Waals surface area (Å²) in [5.74, 6) is 0.600. The lowest BCUT2D eigenvalue weighted by molar-refractivity contribution is -0.133. The van der Waals surface area contributed by atoms with E-state index < -0.39 is 0 Å². The van der Waals surface area contributed by atoms with Gasteiger partial charge < -0.3 is 20.4 Å². The third kappa shape index (κ3) is 3.93. The molecular weight excluding hydrogens is 320 g/mol. The van der Waals surface area contributed by atoms with E-state index in [1.165, 1.54) is 0 Å². The molecule has 1 atom stereocenters. The molecular formula is C18H24N4O3. The van der Waals surface area contributed by atoms with Crippen molar-refractivity contribution in [3.8, 4) is 5.75 Å². The molecule has 1 aliphatic rings. The first kappa shape index (κ1) is 17.3. The van der Waals surface area contributed by atoms with Crippen LogP contribution in [0.1, 0.15) is 19.0 Å². The molecule has 25 heavy (non-hydrogen) atoms. The number of hydrogen-bond donors (Lipinski definition) is 3. The van der Waals surface area contributed by atoms with Crippen LogP contribution in [0.5, 0.6) is 5.75 Å². The summed E-state index contributed by atoms with van der Waals surface area (Å²) in [6.45, 7) is 4.58. The molecule has 3 N–H and O–H groups in total. The highest BCUT2D eigenvalue weighted by Gasteiger charge is 2.30. The summed E-state index contributed by atoms with van der Waals surface area (Å²) in [4.78, 5) is 29.6. The summed E-state index contributed by atoms with van der Waals surface area (Å²) in [7, 11) is 1.63. The van der Waals surface area contributed by atoms with E-state index in [4.69, 9.17) is 4.74 Å². The predicted octanol–water partition coefficient (Wildman–Crippen LogP) is 1.00. The lowest BCUT2D eigenvalue weighted by Gasteiger charge is -2.33. The van der Waals surface area contributed by atoms with Gasteiger partial charge in [0.05, 0.1) is 26.1 Å². The van der Waals surface area contributed by atoms with Crippen LogP contribution in [0.15, 0.2) is 24.3 Å². The number of likely N-dealkylation sites (N-methyl/N-ethyl adjacent to an activating group) is 1. The number of methoxy groups -OCH3 is 1. The Morgan fingerprint density at radius 3 is 3.00 bits per heavy atom. The highest BCUT2D eigenvalue weighted by Crippen LogP contribution is 2.21. The molecule has 0 bridgehead atoms. The molecule has 0 radical (unpaired) electrons. The van der Waals surface area contributed by atoms with Crippen LogP contribution < -0.4 is 15.4 Å². The molecule has 7 nitrogen and oxygen atoms in total. The van der Waals surface area contributed by atoms with Gasteiger partial charge in [0.2, 0.25) is 11.8 Å². The third-order valence-corrected chi connectivity index (χ3v) is 4.59. The van der Waals surface area contributed by atoms with Crippen LogP contribution in [-0.2, 0) is 16.1 Å². The molecule has 1 aromatic carbocycles. The SMILES string of the molecule is CCN1CCNC(=O)C1CC(=O)NCc1cc2cc(OC)ccc2[nH]1. The van der Waals surface area contributed by atoms with Crippen molar-refractivity contribution in [3.05, 3.63) is 30.0 Å². The quantitative estimate of drug-likeness (QED) is 0.730. The molecule has 0 spiro atoms. The normalized spacial score (nSPS) is 18.2. The molecule has 0 aliphatic carbocycles. The zero-order valence-corrected chi connectivity index (χ0v) is 14.6. The van der Waals surface area contributed by atoms with Gasteiger partial charge in [-0.15, -0.1) is 0 Å². The maximum atomic E-state index is 12.3. The topological polar surface area (TPSA) is 86.5 Å². The number of carbonyl (C=O) groups excluding carboxylic acids is 2. The fraction of sp³-hybridized carbons (Fsp3) is 0.444. The van der Waals surface area contributed by atoms with E-state index in [2.05, 4.69) is 15.6 Å². The number of piperazine rings is 1. The molecule has 0 saturated carbocycles. The zero-order valence-electron chi connectivity index (χ0n) is 14.6. The second kappa shape index (κ2) is 7.57. The van der Waals surface area contributed by atoms with Gasteiger partial charge in [-0.3, -0.25) is 14.5 Å². The summed E-state index contributed by atoms with van der Waals surface area (Å²) < 4.78 is 5.22. The number of H-pyrrole nitrogens is 1. The lowest BCUT2D eigenvalue weighted by atomic mass is 10.1. The number of amides is 2. The van der Waals surface area contributed by atoms with Crippen molar-refractivity contribution in [1.82, 2.24) is 20.5 Å². The van der Waals surface area contributed by atoms with Gasteiger partial charge in [0, 0.05) is 29.7 Å². The van der Waals surface area contributed by atoms with Crippen LogP contribution in [0.3, 0.4) is 0 Å². The van der Waals surface area contributed by atoms with Crippen molar-refractivity contribution >= 4 is 22.7 Å². The second-order valence-electron chi connectivity index (χ2n) is 6.16. The van der Waals surface area contributed by atoms with E-state index in [9.17, 15) is 9.59 Å². The summed E-state index contributed by atoms with van der Waals surface area (Å²) in [6, 6.07) is 7.39. The van der Waals surface area contributed by atoms with Crippen molar-refractivity contribution in [2.24, 2.45) is 0 Å². The molecule has 1 fully saturated rings. The van der Waals surface area contributed by atoms with E-state index in [1.807, 2.05) is 36.1 Å². The van der Waals surface area contributed by atoms with Gasteiger partial charge in [-0.05, 0) is 30.8 Å². The van der Waals surface area contributed by atoms with Gasteiger partial charge in [-0.1, -0.05) is 6.92 Å². The van der Waals surface area contributed by atoms with Crippen molar-refractivity contribution in [3.63, 3.8) is 0 Å². The number of nitrogens with one attached hydrogen (secondary N) is 3. The Bertz CT molecular complexity index is 771. The molecule has 2 heterocycles. The minimum atomic E-state index is -0.384. The number of rotatable bonds is 6. The molecule has 1 aliphatic heterocycles. The average molecular weight is 344 g/mol. The van der Waals surface area contributed by atoms with Gasteiger partial charge in [-0.25, -0.2) is 0 Å². The second-order valence-corrected chi connectivity index (χ2v) is 6.16. The van der Waals surface area contributed by atoms with Crippen molar-refractivity contribution in [1.29, 1.82) is 0 Å². The molecule has 1 unspecified atom stereocenters. The maximum absolute atomic E-state index is 12.3. The van der Waals surface area contributed by atoms with Gasteiger partial charge in [0.1, 0.15) is 5.75 Å². The van der Waals surface area contributed by atoms with Gasteiger partial charge in [0.25, 0.3) is 0 Å². The Morgan fingerprint density at radius 1 is 1.40 bits per heavy atom. The molecule has 1 saturated heterocycles. The van der Waals surface area contributed by atoms with Crippen molar-refractivity contribution in [2.45, 2.75) is 25.9 Å². The van der Waals surface area contributed by atoms with Crippen molar-refractivity contribution < 1.29 is 14.3 Å². The highest BCUT2D eigenvalue weighted by atomic mass is 16.5. The van der Waals surface area contributed by atoms with Crippen LogP contribution in [0.4, 0.5) is 0 Å². The standard InChI is InChI=1S/C18H24N4O3/c1-3-22-7-6-19-18(24)16(22)10-17(23)20-11-13-8-12-9-14(25-2)4-5-15(12)21-13/h4-5,8-9,16,21H,3,6-7,10-11H2,1-2H3,(H,19,24)(H,20,23). The van der Waals surface area contributed by atoms with Crippen LogP contribution in [0.2, 0.25) is 0 Å². The van der Waals surface area contributed by atoms with E-state index in [1.54, 1.807) is 7.11 Å². The average Bonchev–Trinajstić information content (AvgIpc) is 3.03. The molecule has 3 rings (SSSR count). The number of aromatic amines is 1. The number of benzene rings is 1. The molecule has 1 aromatic heterocycles. The maximum Gasteiger partial charge on any atom is 0.237 e. The first-order valence-electron chi connectivity index (χ1n) is 8.54. The smallest absolute Gasteiger partial charge is 0.237 e. The lowest BCUT2D eigenvalue weighted by Crippen LogP contribution is -2.56. The number of carbonyl (C=O) groups is 2. The molecule has 7 heteroatoms. The van der Waals surface area contributed by atoms with Crippen LogP contribution in [0.25, 0.3) is 10.9 Å². The monoisotopic (exact) mass is 344 g/mol. The zero-order chi connectivity index (χ0) is 17.8.